The summed E-state index contributed by atoms with van der Waals surface area (Å²) in [4.78, 5) is 25.5. The van der Waals surface area contributed by atoms with Crippen LogP contribution >= 0.6 is 11.3 Å². The molecule has 6 nitrogen and oxygen atoms in total. The van der Waals surface area contributed by atoms with Gasteiger partial charge in [-0.3, -0.25) is 9.59 Å². The molecule has 0 unspecified atom stereocenters. The largest absolute Gasteiger partial charge is 0.455 e. The molecule has 2 amide bonds. The van der Waals surface area contributed by atoms with Gasteiger partial charge in [-0.15, -0.1) is 11.3 Å². The monoisotopic (exact) mass is 407 g/mol. The highest BCUT2D eigenvalue weighted by Gasteiger charge is 2.28. The number of amides is 2. The van der Waals surface area contributed by atoms with Gasteiger partial charge in [-0.1, -0.05) is 36.4 Å². The molecule has 1 aliphatic rings. The molecule has 148 valence electrons. The lowest BCUT2D eigenvalue weighted by Gasteiger charge is -2.13. The SMILES string of the molecule is Cc1c(C(=O)NCc2ccccc2)oc2c1/C(=N/NC(=O)c1cccs1)CCC2. The molecule has 0 saturated carbocycles. The summed E-state index contributed by atoms with van der Waals surface area (Å²) in [6.07, 6.45) is 2.34. The lowest BCUT2D eigenvalue weighted by molar-refractivity contribution is 0.0919. The summed E-state index contributed by atoms with van der Waals surface area (Å²) >= 11 is 1.37. The lowest BCUT2D eigenvalue weighted by atomic mass is 9.93. The topological polar surface area (TPSA) is 83.7 Å². The predicted octanol–water partition coefficient (Wildman–Crippen LogP) is 4.05. The van der Waals surface area contributed by atoms with E-state index < -0.39 is 0 Å². The summed E-state index contributed by atoms with van der Waals surface area (Å²) in [5.74, 6) is 0.581. The van der Waals surface area contributed by atoms with Gasteiger partial charge in [-0.05, 0) is 36.8 Å². The molecule has 0 fully saturated rings. The predicted molar refractivity (Wildman–Crippen MR) is 112 cm³/mol. The third-order valence-electron chi connectivity index (χ3n) is 4.87. The molecule has 0 radical (unpaired) electrons. The second kappa shape index (κ2) is 8.45. The zero-order chi connectivity index (χ0) is 20.2. The molecule has 2 heterocycles. The first-order valence-electron chi connectivity index (χ1n) is 9.48. The minimum absolute atomic E-state index is 0.235. The number of furan rings is 1. The van der Waals surface area contributed by atoms with E-state index in [0.29, 0.717) is 17.2 Å². The number of aryl methyl sites for hydroxylation is 1. The van der Waals surface area contributed by atoms with Crippen molar-refractivity contribution in [1.82, 2.24) is 10.7 Å². The fourth-order valence-corrected chi connectivity index (χ4v) is 4.05. The number of carbonyl (C=O) groups excluding carboxylic acids is 2. The van der Waals surface area contributed by atoms with Gasteiger partial charge in [0.05, 0.1) is 10.6 Å². The van der Waals surface area contributed by atoms with E-state index in [-0.39, 0.29) is 11.8 Å². The number of nitrogens with one attached hydrogen (secondary N) is 2. The van der Waals surface area contributed by atoms with Gasteiger partial charge >= 0.3 is 0 Å². The number of carbonyl (C=O) groups is 2. The minimum atomic E-state index is -0.247. The van der Waals surface area contributed by atoms with E-state index in [1.807, 2.05) is 48.7 Å². The smallest absolute Gasteiger partial charge is 0.287 e. The summed E-state index contributed by atoms with van der Waals surface area (Å²) in [5.41, 5.74) is 6.00. The Hall–Kier alpha value is -3.19. The van der Waals surface area contributed by atoms with E-state index in [2.05, 4.69) is 15.8 Å². The van der Waals surface area contributed by atoms with E-state index in [1.165, 1.54) is 11.3 Å². The van der Waals surface area contributed by atoms with Crippen molar-refractivity contribution in [2.24, 2.45) is 5.10 Å². The minimum Gasteiger partial charge on any atom is -0.455 e. The summed E-state index contributed by atoms with van der Waals surface area (Å²) in [5, 5.41) is 9.10. The van der Waals surface area contributed by atoms with Crippen molar-refractivity contribution in [3.05, 3.63) is 80.9 Å². The molecule has 0 bridgehead atoms. The number of hydrogen-bond acceptors (Lipinski definition) is 5. The van der Waals surface area contributed by atoms with E-state index in [0.717, 1.165) is 47.4 Å². The van der Waals surface area contributed by atoms with Crippen LogP contribution in [0.25, 0.3) is 0 Å². The van der Waals surface area contributed by atoms with Gasteiger partial charge in [0.15, 0.2) is 5.76 Å². The molecule has 7 heteroatoms. The third-order valence-corrected chi connectivity index (χ3v) is 5.73. The van der Waals surface area contributed by atoms with Crippen molar-refractivity contribution in [3.63, 3.8) is 0 Å². The van der Waals surface area contributed by atoms with Gasteiger partial charge in [-0.25, -0.2) is 5.43 Å². The van der Waals surface area contributed by atoms with Crippen LogP contribution in [0.15, 0.2) is 57.4 Å². The zero-order valence-corrected chi connectivity index (χ0v) is 16.8. The Kier molecular flexibility index (Phi) is 5.57. The quantitative estimate of drug-likeness (QED) is 0.626. The second-order valence-electron chi connectivity index (χ2n) is 6.85. The fraction of sp³-hybridized carbons (Fsp3) is 0.227. The number of thiophene rings is 1. The lowest BCUT2D eigenvalue weighted by Crippen LogP contribution is -2.23. The van der Waals surface area contributed by atoms with Crippen LogP contribution in [0.3, 0.4) is 0 Å². The summed E-state index contributed by atoms with van der Waals surface area (Å²) in [7, 11) is 0. The first-order chi connectivity index (χ1) is 14.1. The maximum atomic E-state index is 12.7. The van der Waals surface area contributed by atoms with E-state index in [4.69, 9.17) is 4.42 Å². The Labute approximate surface area is 172 Å². The van der Waals surface area contributed by atoms with Crippen LogP contribution in [0.2, 0.25) is 0 Å². The molecule has 4 rings (SSSR count). The summed E-state index contributed by atoms with van der Waals surface area (Å²) in [6, 6.07) is 13.3. The number of benzene rings is 1. The molecule has 29 heavy (non-hydrogen) atoms. The van der Waals surface area contributed by atoms with Gasteiger partial charge in [0, 0.05) is 24.1 Å². The number of fused-ring (bicyclic) bond motifs is 1. The second-order valence-corrected chi connectivity index (χ2v) is 7.80. The van der Waals surface area contributed by atoms with Crippen molar-refractivity contribution in [3.8, 4) is 0 Å². The molecule has 0 saturated heterocycles. The molecule has 3 aromatic rings. The van der Waals surface area contributed by atoms with Crippen molar-refractivity contribution >= 4 is 28.9 Å². The Morgan fingerprint density at radius 3 is 2.69 bits per heavy atom. The highest BCUT2D eigenvalue weighted by atomic mass is 32.1. The van der Waals surface area contributed by atoms with Crippen molar-refractivity contribution < 1.29 is 14.0 Å². The Morgan fingerprint density at radius 1 is 1.10 bits per heavy atom. The van der Waals surface area contributed by atoms with Crippen molar-refractivity contribution in [2.45, 2.75) is 32.7 Å². The highest BCUT2D eigenvalue weighted by Crippen LogP contribution is 2.30. The molecular weight excluding hydrogens is 386 g/mol. The molecule has 0 atom stereocenters. The van der Waals surface area contributed by atoms with Crippen LogP contribution in [0, 0.1) is 6.92 Å². The first kappa shape index (κ1) is 19.1. The maximum absolute atomic E-state index is 12.7. The Bertz CT molecular complexity index is 1050. The number of nitrogens with zero attached hydrogens (tertiary/aromatic N) is 1. The molecule has 0 spiro atoms. The van der Waals surface area contributed by atoms with Crippen LogP contribution in [-0.4, -0.2) is 17.5 Å². The van der Waals surface area contributed by atoms with Gasteiger partial charge in [-0.2, -0.15) is 5.10 Å². The maximum Gasteiger partial charge on any atom is 0.287 e. The fourth-order valence-electron chi connectivity index (χ4n) is 3.44. The van der Waals surface area contributed by atoms with Crippen LogP contribution in [0.5, 0.6) is 0 Å². The average molecular weight is 407 g/mol. The molecule has 2 N–H and O–H groups in total. The summed E-state index contributed by atoms with van der Waals surface area (Å²) < 4.78 is 5.89. The zero-order valence-electron chi connectivity index (χ0n) is 16.0. The first-order valence-corrected chi connectivity index (χ1v) is 10.4. The van der Waals surface area contributed by atoms with Gasteiger partial charge < -0.3 is 9.73 Å². The van der Waals surface area contributed by atoms with E-state index in [1.54, 1.807) is 6.07 Å². The number of hydrogen-bond donors (Lipinski definition) is 2. The van der Waals surface area contributed by atoms with Crippen LogP contribution < -0.4 is 10.7 Å². The molecule has 0 aliphatic heterocycles. The molecule has 1 aromatic carbocycles. The number of hydrazone groups is 1. The van der Waals surface area contributed by atoms with E-state index in [9.17, 15) is 9.59 Å². The van der Waals surface area contributed by atoms with Gasteiger partial charge in [0.2, 0.25) is 0 Å². The Balaban J connectivity index is 1.52. The average Bonchev–Trinajstić information content (AvgIpc) is 3.40. The van der Waals surface area contributed by atoms with Crippen LogP contribution in [-0.2, 0) is 13.0 Å². The Morgan fingerprint density at radius 2 is 1.93 bits per heavy atom. The molecule has 2 aromatic heterocycles. The summed E-state index contributed by atoms with van der Waals surface area (Å²) in [6.45, 7) is 2.30. The highest BCUT2D eigenvalue weighted by molar-refractivity contribution is 7.12. The normalized spacial score (nSPS) is 14.4. The third kappa shape index (κ3) is 4.14. The van der Waals surface area contributed by atoms with Crippen LogP contribution in [0.4, 0.5) is 0 Å². The molecular formula is C22H21N3O3S. The van der Waals surface area contributed by atoms with Crippen molar-refractivity contribution in [2.75, 3.05) is 0 Å². The number of rotatable bonds is 5. The van der Waals surface area contributed by atoms with Crippen molar-refractivity contribution in [1.29, 1.82) is 0 Å². The standard InChI is InChI=1S/C22H21N3O3S/c1-14-19-16(24-25-21(26)18-11-6-12-29-18)9-5-10-17(19)28-20(14)22(27)23-13-15-7-3-2-4-8-15/h2-4,6-8,11-12H,5,9-10,13H2,1H3,(H,23,27)(H,25,26)/b24-16+. The van der Waals surface area contributed by atoms with Crippen LogP contribution in [0.1, 0.15) is 55.5 Å². The van der Waals surface area contributed by atoms with Gasteiger partial charge in [0.25, 0.3) is 11.8 Å². The van der Waals surface area contributed by atoms with E-state index >= 15 is 0 Å². The molecule has 1 aliphatic carbocycles. The van der Waals surface area contributed by atoms with Gasteiger partial charge in [0.1, 0.15) is 5.76 Å².